The molecule has 0 radical (unpaired) electrons. The smallest absolute Gasteiger partial charge is 0.167 e. The van der Waals surface area contributed by atoms with Crippen LogP contribution in [0.4, 0.5) is 8.78 Å². The summed E-state index contributed by atoms with van der Waals surface area (Å²) in [6.45, 7) is 5.60. The van der Waals surface area contributed by atoms with E-state index in [2.05, 4.69) is 6.92 Å². The van der Waals surface area contributed by atoms with E-state index in [9.17, 15) is 0 Å². The Morgan fingerprint density at radius 1 is 0.447 bits per heavy atom. The van der Waals surface area contributed by atoms with Gasteiger partial charge in [0.15, 0.2) is 11.6 Å². The van der Waals surface area contributed by atoms with Crippen LogP contribution in [0.1, 0.15) is 52.4 Å². The molecule has 4 aromatic rings. The van der Waals surface area contributed by atoms with Gasteiger partial charge in [0.1, 0.15) is 11.5 Å². The number of halogens is 2. The molecule has 0 saturated carbocycles. The van der Waals surface area contributed by atoms with Crippen LogP contribution in [-0.4, -0.2) is 13.2 Å². The van der Waals surface area contributed by atoms with Crippen LogP contribution in [0.2, 0.25) is 0 Å². The number of ether oxygens (including phenoxy) is 2. The molecule has 198 valence electrons. The zero-order valence-electron chi connectivity index (χ0n) is 22.3. The molecular weight excluding hydrogens is 478 g/mol. The van der Waals surface area contributed by atoms with Crippen molar-refractivity contribution in [3.63, 3.8) is 0 Å². The third-order valence-corrected chi connectivity index (χ3v) is 6.62. The van der Waals surface area contributed by atoms with Crippen LogP contribution in [-0.2, 0) is 0 Å². The van der Waals surface area contributed by atoms with Gasteiger partial charge in [-0.05, 0) is 59.4 Å². The topological polar surface area (TPSA) is 18.5 Å². The SMILES string of the molecule is CCCCCCCOc1ccc(-c2ccc(-c3ccc(-c4ccc(OCCC)cc4)c(F)c3F)cc2)cc1. The van der Waals surface area contributed by atoms with Gasteiger partial charge in [0.25, 0.3) is 0 Å². The maximum atomic E-state index is 15.1. The van der Waals surface area contributed by atoms with Crippen LogP contribution in [0.15, 0.2) is 84.9 Å². The van der Waals surface area contributed by atoms with E-state index in [0.29, 0.717) is 23.5 Å². The van der Waals surface area contributed by atoms with Crippen molar-refractivity contribution in [2.45, 2.75) is 52.4 Å². The standard InChI is InChI=1S/C34H36F2O2/c1-3-5-6-7-8-24-38-30-17-13-26(14-18-30)25-9-11-27(12-10-25)31-21-22-32(34(36)33(31)35)28-15-19-29(20-16-28)37-23-4-2/h9-22H,3-8,23-24H2,1-2H3. The van der Waals surface area contributed by atoms with Gasteiger partial charge in [-0.15, -0.1) is 0 Å². The minimum Gasteiger partial charge on any atom is -0.494 e. The molecule has 4 aromatic carbocycles. The highest BCUT2D eigenvalue weighted by molar-refractivity contribution is 5.74. The van der Waals surface area contributed by atoms with Crippen molar-refractivity contribution in [1.82, 2.24) is 0 Å². The molecule has 0 aliphatic carbocycles. The molecule has 0 unspecified atom stereocenters. The molecule has 0 N–H and O–H groups in total. The number of hydrogen-bond acceptors (Lipinski definition) is 2. The molecule has 0 atom stereocenters. The Hall–Kier alpha value is -3.66. The lowest BCUT2D eigenvalue weighted by atomic mass is 9.97. The van der Waals surface area contributed by atoms with Crippen LogP contribution in [0, 0.1) is 11.6 Å². The Labute approximate surface area is 225 Å². The third kappa shape index (κ3) is 7.00. The second-order valence-corrected chi connectivity index (χ2v) is 9.53. The molecule has 4 rings (SSSR count). The molecule has 0 aromatic heterocycles. The summed E-state index contributed by atoms with van der Waals surface area (Å²) in [6, 6.07) is 25.8. The molecule has 0 aliphatic rings. The molecule has 0 amide bonds. The van der Waals surface area contributed by atoms with Crippen LogP contribution in [0.3, 0.4) is 0 Å². The van der Waals surface area contributed by atoms with Gasteiger partial charge in [0.2, 0.25) is 0 Å². The number of hydrogen-bond donors (Lipinski definition) is 0. The lowest BCUT2D eigenvalue weighted by Gasteiger charge is -2.11. The number of rotatable bonds is 13. The first-order chi connectivity index (χ1) is 18.6. The third-order valence-electron chi connectivity index (χ3n) is 6.62. The number of unbranched alkanes of at least 4 members (excludes halogenated alkanes) is 4. The zero-order chi connectivity index (χ0) is 26.7. The lowest BCUT2D eigenvalue weighted by molar-refractivity contribution is 0.304. The monoisotopic (exact) mass is 514 g/mol. The Bertz CT molecular complexity index is 1280. The normalized spacial score (nSPS) is 10.9. The summed E-state index contributed by atoms with van der Waals surface area (Å²) >= 11 is 0. The van der Waals surface area contributed by atoms with Crippen LogP contribution < -0.4 is 9.47 Å². The fourth-order valence-corrected chi connectivity index (χ4v) is 4.43. The van der Waals surface area contributed by atoms with Crippen LogP contribution in [0.25, 0.3) is 33.4 Å². The molecule has 4 heteroatoms. The summed E-state index contributed by atoms with van der Waals surface area (Å²) in [5, 5.41) is 0. The van der Waals surface area contributed by atoms with Gasteiger partial charge in [0, 0.05) is 11.1 Å². The minimum absolute atomic E-state index is 0.230. The van der Waals surface area contributed by atoms with Gasteiger partial charge in [-0.1, -0.05) is 100 Å². The Morgan fingerprint density at radius 3 is 1.37 bits per heavy atom. The maximum Gasteiger partial charge on any atom is 0.167 e. The van der Waals surface area contributed by atoms with E-state index in [1.165, 1.54) is 25.7 Å². The van der Waals surface area contributed by atoms with Crippen molar-refractivity contribution in [3.05, 3.63) is 96.6 Å². The van der Waals surface area contributed by atoms with E-state index >= 15 is 8.78 Å². The molecule has 0 bridgehead atoms. The van der Waals surface area contributed by atoms with E-state index in [4.69, 9.17) is 9.47 Å². The Morgan fingerprint density at radius 2 is 0.868 bits per heavy atom. The minimum atomic E-state index is -0.852. The van der Waals surface area contributed by atoms with Crippen molar-refractivity contribution in [3.8, 4) is 44.9 Å². The first kappa shape index (κ1) is 27.4. The molecule has 0 aliphatic heterocycles. The van der Waals surface area contributed by atoms with E-state index in [1.54, 1.807) is 36.4 Å². The van der Waals surface area contributed by atoms with E-state index < -0.39 is 11.6 Å². The summed E-state index contributed by atoms with van der Waals surface area (Å²) < 4.78 is 41.6. The Balaban J connectivity index is 1.41. The van der Waals surface area contributed by atoms with Crippen molar-refractivity contribution in [2.75, 3.05) is 13.2 Å². The predicted molar refractivity (Wildman–Crippen MR) is 153 cm³/mol. The summed E-state index contributed by atoms with van der Waals surface area (Å²) in [7, 11) is 0. The van der Waals surface area contributed by atoms with Gasteiger partial charge in [-0.2, -0.15) is 0 Å². The predicted octanol–water partition coefficient (Wildman–Crippen LogP) is 10.1. The van der Waals surface area contributed by atoms with Gasteiger partial charge in [-0.3, -0.25) is 0 Å². The average molecular weight is 515 g/mol. The second kappa shape index (κ2) is 13.8. The molecular formula is C34H36F2O2. The van der Waals surface area contributed by atoms with E-state index in [1.807, 2.05) is 55.5 Å². The highest BCUT2D eigenvalue weighted by Gasteiger charge is 2.16. The lowest BCUT2D eigenvalue weighted by Crippen LogP contribution is -1.97. The quantitative estimate of drug-likeness (QED) is 0.165. The highest BCUT2D eigenvalue weighted by atomic mass is 19.2. The van der Waals surface area contributed by atoms with Crippen molar-refractivity contribution < 1.29 is 18.3 Å². The molecule has 38 heavy (non-hydrogen) atoms. The molecule has 0 spiro atoms. The largest absolute Gasteiger partial charge is 0.494 e. The van der Waals surface area contributed by atoms with Gasteiger partial charge < -0.3 is 9.47 Å². The first-order valence-corrected chi connectivity index (χ1v) is 13.7. The van der Waals surface area contributed by atoms with Crippen molar-refractivity contribution in [1.29, 1.82) is 0 Å². The molecule has 0 saturated heterocycles. The summed E-state index contributed by atoms with van der Waals surface area (Å²) in [5.41, 5.74) is 3.75. The van der Waals surface area contributed by atoms with E-state index in [0.717, 1.165) is 36.3 Å². The van der Waals surface area contributed by atoms with Gasteiger partial charge in [-0.25, -0.2) is 8.78 Å². The van der Waals surface area contributed by atoms with Crippen molar-refractivity contribution in [2.24, 2.45) is 0 Å². The number of benzene rings is 4. The molecule has 0 heterocycles. The summed E-state index contributed by atoms with van der Waals surface area (Å²) in [5.74, 6) is -0.123. The average Bonchev–Trinajstić information content (AvgIpc) is 2.96. The summed E-state index contributed by atoms with van der Waals surface area (Å²) in [6.07, 6.45) is 6.97. The zero-order valence-corrected chi connectivity index (χ0v) is 22.3. The summed E-state index contributed by atoms with van der Waals surface area (Å²) in [4.78, 5) is 0. The van der Waals surface area contributed by atoms with Crippen LogP contribution in [0.5, 0.6) is 11.5 Å². The Kier molecular flexibility index (Phi) is 9.91. The fourth-order valence-electron chi connectivity index (χ4n) is 4.43. The van der Waals surface area contributed by atoms with Gasteiger partial charge >= 0.3 is 0 Å². The second-order valence-electron chi connectivity index (χ2n) is 9.53. The maximum absolute atomic E-state index is 15.1. The fraction of sp³-hybridized carbons (Fsp3) is 0.294. The van der Waals surface area contributed by atoms with Crippen molar-refractivity contribution >= 4 is 0 Å². The van der Waals surface area contributed by atoms with Crippen LogP contribution >= 0.6 is 0 Å². The van der Waals surface area contributed by atoms with E-state index in [-0.39, 0.29) is 11.1 Å². The molecule has 0 fully saturated rings. The molecule has 2 nitrogen and oxygen atoms in total. The highest BCUT2D eigenvalue weighted by Crippen LogP contribution is 2.33. The first-order valence-electron chi connectivity index (χ1n) is 13.7. The van der Waals surface area contributed by atoms with Gasteiger partial charge in [0.05, 0.1) is 13.2 Å².